The highest BCUT2D eigenvalue weighted by Gasteiger charge is 2.29. The van der Waals surface area contributed by atoms with Gasteiger partial charge in [0.25, 0.3) is 5.91 Å². The Kier molecular flexibility index (Phi) is 4.51. The molecule has 2 aromatic rings. The van der Waals surface area contributed by atoms with E-state index in [2.05, 4.69) is 19.2 Å². The fourth-order valence-corrected chi connectivity index (χ4v) is 2.69. The number of fused-ring (bicyclic) bond motifs is 1. The average Bonchev–Trinajstić information content (AvgIpc) is 2.59. The van der Waals surface area contributed by atoms with Crippen molar-refractivity contribution >= 4 is 5.91 Å². The van der Waals surface area contributed by atoms with Gasteiger partial charge in [0.05, 0.1) is 6.04 Å². The number of carbonyl (C=O) groups is 1. The molecule has 1 amide bonds. The Morgan fingerprint density at radius 2 is 1.70 bits per heavy atom. The molecule has 4 nitrogen and oxygen atoms in total. The number of hydrogen-bond acceptors (Lipinski definition) is 3. The van der Waals surface area contributed by atoms with Gasteiger partial charge in [-0.15, -0.1) is 0 Å². The van der Waals surface area contributed by atoms with Crippen LogP contribution < -0.4 is 14.8 Å². The Balaban J connectivity index is 1.71. The van der Waals surface area contributed by atoms with Crippen molar-refractivity contribution in [3.05, 3.63) is 60.2 Å². The summed E-state index contributed by atoms with van der Waals surface area (Å²) in [7, 11) is 0. The molecule has 3 rings (SSSR count). The minimum atomic E-state index is -0.630. The molecule has 0 aromatic heterocycles. The summed E-state index contributed by atoms with van der Waals surface area (Å²) < 4.78 is 11.4. The van der Waals surface area contributed by atoms with Crippen LogP contribution in [0.15, 0.2) is 54.6 Å². The number of nitrogens with one attached hydrogen (secondary N) is 1. The maximum absolute atomic E-state index is 12.6. The van der Waals surface area contributed by atoms with E-state index in [9.17, 15) is 4.79 Å². The third-order valence-electron chi connectivity index (χ3n) is 3.92. The maximum atomic E-state index is 12.6. The Morgan fingerprint density at radius 1 is 1.04 bits per heavy atom. The van der Waals surface area contributed by atoms with Gasteiger partial charge < -0.3 is 14.8 Å². The summed E-state index contributed by atoms with van der Waals surface area (Å²) in [6, 6.07) is 17.3. The first-order chi connectivity index (χ1) is 11.1. The molecule has 0 bridgehead atoms. The first-order valence-electron chi connectivity index (χ1n) is 7.89. The number of amides is 1. The third-order valence-corrected chi connectivity index (χ3v) is 3.92. The van der Waals surface area contributed by atoms with Crippen LogP contribution in [0, 0.1) is 5.92 Å². The quantitative estimate of drug-likeness (QED) is 0.942. The van der Waals surface area contributed by atoms with Crippen LogP contribution in [0.3, 0.4) is 0 Å². The smallest absolute Gasteiger partial charge is 0.265 e. The molecule has 1 heterocycles. The second kappa shape index (κ2) is 6.73. The van der Waals surface area contributed by atoms with Crippen molar-refractivity contribution in [2.24, 2.45) is 5.92 Å². The Bertz CT molecular complexity index is 669. The molecule has 2 atom stereocenters. The van der Waals surface area contributed by atoms with Gasteiger partial charge in [0.1, 0.15) is 6.61 Å². The van der Waals surface area contributed by atoms with E-state index in [1.165, 1.54) is 0 Å². The van der Waals surface area contributed by atoms with Gasteiger partial charge in [0.2, 0.25) is 6.10 Å². The minimum Gasteiger partial charge on any atom is -0.485 e. The van der Waals surface area contributed by atoms with Gasteiger partial charge in [0.15, 0.2) is 11.5 Å². The van der Waals surface area contributed by atoms with Crippen molar-refractivity contribution in [3.63, 3.8) is 0 Å². The molecule has 0 spiro atoms. The molecule has 1 aliphatic rings. The maximum Gasteiger partial charge on any atom is 0.265 e. The van der Waals surface area contributed by atoms with Crippen molar-refractivity contribution < 1.29 is 14.3 Å². The van der Waals surface area contributed by atoms with Crippen molar-refractivity contribution in [2.75, 3.05) is 6.61 Å². The van der Waals surface area contributed by atoms with Crippen LogP contribution in [0.4, 0.5) is 0 Å². The molecule has 1 N–H and O–H groups in total. The number of hydrogen-bond donors (Lipinski definition) is 1. The Labute approximate surface area is 136 Å². The highest BCUT2D eigenvalue weighted by molar-refractivity contribution is 5.82. The lowest BCUT2D eigenvalue weighted by atomic mass is 9.96. The second-order valence-corrected chi connectivity index (χ2v) is 6.01. The van der Waals surface area contributed by atoms with Gasteiger partial charge in [-0.2, -0.15) is 0 Å². The number of ether oxygens (including phenoxy) is 2. The van der Waals surface area contributed by atoms with Crippen molar-refractivity contribution in [1.29, 1.82) is 0 Å². The fourth-order valence-electron chi connectivity index (χ4n) is 2.69. The molecule has 0 saturated heterocycles. The summed E-state index contributed by atoms with van der Waals surface area (Å²) >= 11 is 0. The van der Waals surface area contributed by atoms with E-state index in [1.807, 2.05) is 54.6 Å². The summed E-state index contributed by atoms with van der Waals surface area (Å²) in [5.41, 5.74) is 1.09. The minimum absolute atomic E-state index is 0.0514. The molecule has 0 radical (unpaired) electrons. The largest absolute Gasteiger partial charge is 0.485 e. The van der Waals surface area contributed by atoms with E-state index in [0.29, 0.717) is 11.5 Å². The topological polar surface area (TPSA) is 47.6 Å². The van der Waals surface area contributed by atoms with Gasteiger partial charge in [-0.05, 0) is 23.6 Å². The average molecular weight is 311 g/mol. The van der Waals surface area contributed by atoms with Crippen LogP contribution in [0.5, 0.6) is 11.5 Å². The lowest BCUT2D eigenvalue weighted by molar-refractivity contribution is -0.131. The van der Waals surface area contributed by atoms with Crippen LogP contribution in [0.2, 0.25) is 0 Å². The summed E-state index contributed by atoms with van der Waals surface area (Å²) in [5.74, 6) is 1.42. The number of para-hydroxylation sites is 2. The molecular formula is C19H21NO3. The zero-order chi connectivity index (χ0) is 16.2. The first-order valence-corrected chi connectivity index (χ1v) is 7.89. The normalized spacial score (nSPS) is 17.6. The van der Waals surface area contributed by atoms with E-state index in [0.717, 1.165) is 5.56 Å². The van der Waals surface area contributed by atoms with Gasteiger partial charge in [-0.25, -0.2) is 0 Å². The monoisotopic (exact) mass is 311 g/mol. The van der Waals surface area contributed by atoms with Crippen molar-refractivity contribution in [3.8, 4) is 11.5 Å². The summed E-state index contributed by atoms with van der Waals surface area (Å²) in [6.07, 6.45) is -0.630. The molecule has 4 heteroatoms. The molecule has 120 valence electrons. The Morgan fingerprint density at radius 3 is 2.39 bits per heavy atom. The molecular weight excluding hydrogens is 290 g/mol. The van der Waals surface area contributed by atoms with E-state index in [1.54, 1.807) is 0 Å². The number of carbonyl (C=O) groups excluding carboxylic acids is 1. The zero-order valence-electron chi connectivity index (χ0n) is 13.4. The number of benzene rings is 2. The molecule has 0 unspecified atom stereocenters. The summed E-state index contributed by atoms with van der Waals surface area (Å²) in [4.78, 5) is 12.6. The lowest BCUT2D eigenvalue weighted by Crippen LogP contribution is -2.46. The predicted molar refractivity (Wildman–Crippen MR) is 88.5 cm³/mol. The van der Waals surface area contributed by atoms with Crippen molar-refractivity contribution in [2.45, 2.75) is 26.0 Å². The van der Waals surface area contributed by atoms with Crippen LogP contribution in [-0.4, -0.2) is 18.6 Å². The van der Waals surface area contributed by atoms with Gasteiger partial charge in [-0.1, -0.05) is 56.3 Å². The fraction of sp³-hybridized carbons (Fsp3) is 0.316. The van der Waals surface area contributed by atoms with Gasteiger partial charge in [0, 0.05) is 0 Å². The second-order valence-electron chi connectivity index (χ2n) is 6.01. The molecule has 0 aliphatic carbocycles. The summed E-state index contributed by atoms with van der Waals surface area (Å²) in [6.45, 7) is 4.40. The van der Waals surface area contributed by atoms with E-state index in [-0.39, 0.29) is 24.5 Å². The zero-order valence-corrected chi connectivity index (χ0v) is 13.4. The molecule has 1 aliphatic heterocycles. The molecule has 0 fully saturated rings. The highest BCUT2D eigenvalue weighted by atomic mass is 16.6. The predicted octanol–water partition coefficient (Wildman–Crippen LogP) is 3.34. The lowest BCUT2D eigenvalue weighted by Gasteiger charge is -2.29. The van der Waals surface area contributed by atoms with E-state index >= 15 is 0 Å². The third kappa shape index (κ3) is 3.47. The van der Waals surface area contributed by atoms with Crippen LogP contribution >= 0.6 is 0 Å². The van der Waals surface area contributed by atoms with E-state index in [4.69, 9.17) is 9.47 Å². The van der Waals surface area contributed by atoms with E-state index < -0.39 is 6.10 Å². The SMILES string of the molecule is CC(C)[C@@H](NC(=O)[C@H]1COc2ccccc2O1)c1ccccc1. The molecule has 0 saturated carbocycles. The first kappa shape index (κ1) is 15.4. The molecule has 23 heavy (non-hydrogen) atoms. The number of rotatable bonds is 4. The highest BCUT2D eigenvalue weighted by Crippen LogP contribution is 2.31. The standard InChI is InChI=1S/C19H21NO3/c1-13(2)18(14-8-4-3-5-9-14)20-19(21)17-12-22-15-10-6-7-11-16(15)23-17/h3-11,13,17-18H,12H2,1-2H3,(H,20,21)/t17-,18-/m1/s1. The van der Waals surface area contributed by atoms with Crippen molar-refractivity contribution in [1.82, 2.24) is 5.32 Å². The Hall–Kier alpha value is -2.49. The van der Waals surface area contributed by atoms with Crippen LogP contribution in [0.1, 0.15) is 25.5 Å². The molecule has 2 aromatic carbocycles. The van der Waals surface area contributed by atoms with Gasteiger partial charge in [-0.3, -0.25) is 4.79 Å². The summed E-state index contributed by atoms with van der Waals surface area (Å²) in [5, 5.41) is 3.09. The van der Waals surface area contributed by atoms with Crippen LogP contribution in [0.25, 0.3) is 0 Å². The van der Waals surface area contributed by atoms with Gasteiger partial charge >= 0.3 is 0 Å². The van der Waals surface area contributed by atoms with Crippen LogP contribution in [-0.2, 0) is 4.79 Å².